The lowest BCUT2D eigenvalue weighted by Crippen LogP contribution is -2.65. The van der Waals surface area contributed by atoms with Gasteiger partial charge in [-0.05, 0) is 69.7 Å². The molecule has 1 saturated heterocycles. The van der Waals surface area contributed by atoms with Crippen molar-refractivity contribution in [1.29, 1.82) is 0 Å². The Morgan fingerprint density at radius 3 is 2.47 bits per heavy atom. The van der Waals surface area contributed by atoms with Crippen molar-refractivity contribution in [2.75, 3.05) is 39.3 Å². The third-order valence-corrected chi connectivity index (χ3v) is 7.61. The lowest BCUT2D eigenvalue weighted by atomic mass is 9.86. The molecule has 0 aromatic carbocycles. The summed E-state index contributed by atoms with van der Waals surface area (Å²) in [6, 6.07) is -0.287. The number of hydrogen-bond acceptors (Lipinski definition) is 4. The summed E-state index contributed by atoms with van der Waals surface area (Å²) in [7, 11) is 0. The number of halogens is 1. The van der Waals surface area contributed by atoms with Crippen LogP contribution in [0.5, 0.6) is 0 Å². The molecule has 0 bridgehead atoms. The van der Waals surface area contributed by atoms with Crippen molar-refractivity contribution >= 4 is 17.8 Å². The van der Waals surface area contributed by atoms with E-state index in [1.54, 1.807) is 4.90 Å². The molecule has 1 heterocycles. The van der Waals surface area contributed by atoms with Gasteiger partial charge in [-0.3, -0.25) is 9.59 Å². The molecule has 0 radical (unpaired) electrons. The monoisotopic (exact) mass is 481 g/mol. The summed E-state index contributed by atoms with van der Waals surface area (Å²) in [5.41, 5.74) is 0. The number of piperazine rings is 1. The van der Waals surface area contributed by atoms with Gasteiger partial charge in [-0.15, -0.1) is 0 Å². The van der Waals surface area contributed by atoms with E-state index in [0.717, 1.165) is 45.1 Å². The summed E-state index contributed by atoms with van der Waals surface area (Å²) in [4.78, 5) is 41.6. The molecule has 2 aliphatic carbocycles. The van der Waals surface area contributed by atoms with Crippen LogP contribution >= 0.6 is 0 Å². The highest BCUT2D eigenvalue weighted by molar-refractivity contribution is 5.88. The van der Waals surface area contributed by atoms with Gasteiger partial charge in [0.05, 0.1) is 13.1 Å². The summed E-state index contributed by atoms with van der Waals surface area (Å²) in [6.45, 7) is 4.38. The molecule has 194 valence electrons. The minimum absolute atomic E-state index is 0.0303. The number of nitrogens with zero attached hydrogens (tertiary/aromatic N) is 2. The Morgan fingerprint density at radius 2 is 1.76 bits per heavy atom. The van der Waals surface area contributed by atoms with Crippen molar-refractivity contribution in [3.63, 3.8) is 0 Å². The standard InChI is InChI=1S/C25H44FN5O3/c1-2-13-27-16-23(32)31-18-24(33)30(14-12-19-8-10-21(26)11-9-19)17-22(31)29-25(34)28-15-20-6-4-3-5-7-20/h19-22,27H,2-18H2,1H3,(H2,28,29,34)/t19?,21?,22-/m1/s1. The topological polar surface area (TPSA) is 93.8 Å². The molecule has 3 rings (SSSR count). The Labute approximate surface area is 203 Å². The Kier molecular flexibility index (Phi) is 10.9. The minimum Gasteiger partial charge on any atom is -0.338 e. The Bertz CT molecular complexity index is 665. The van der Waals surface area contributed by atoms with E-state index < -0.39 is 12.3 Å². The van der Waals surface area contributed by atoms with E-state index in [9.17, 15) is 18.8 Å². The van der Waals surface area contributed by atoms with Gasteiger partial charge in [-0.1, -0.05) is 26.2 Å². The summed E-state index contributed by atoms with van der Waals surface area (Å²) in [5, 5.41) is 9.04. The van der Waals surface area contributed by atoms with Gasteiger partial charge in [0.1, 0.15) is 18.9 Å². The third-order valence-electron chi connectivity index (χ3n) is 7.61. The number of hydrogen-bond donors (Lipinski definition) is 3. The second-order valence-corrected chi connectivity index (χ2v) is 10.3. The molecule has 4 amide bonds. The van der Waals surface area contributed by atoms with Crippen LogP contribution in [0, 0.1) is 11.8 Å². The molecule has 0 spiro atoms. The largest absolute Gasteiger partial charge is 0.338 e. The maximum absolute atomic E-state index is 13.4. The smallest absolute Gasteiger partial charge is 0.316 e. The molecule has 34 heavy (non-hydrogen) atoms. The van der Waals surface area contributed by atoms with Gasteiger partial charge in [0.2, 0.25) is 11.8 Å². The fraction of sp³-hybridized carbons (Fsp3) is 0.880. The molecule has 0 aromatic rings. The molecule has 9 heteroatoms. The second-order valence-electron chi connectivity index (χ2n) is 10.3. The maximum Gasteiger partial charge on any atom is 0.316 e. The summed E-state index contributed by atoms with van der Waals surface area (Å²) < 4.78 is 13.4. The first-order chi connectivity index (χ1) is 16.5. The van der Waals surface area contributed by atoms with Crippen molar-refractivity contribution in [2.24, 2.45) is 11.8 Å². The van der Waals surface area contributed by atoms with Crippen LogP contribution in [0.4, 0.5) is 9.18 Å². The number of carbonyl (C=O) groups excluding carboxylic acids is 3. The van der Waals surface area contributed by atoms with Crippen LogP contribution in [0.1, 0.15) is 77.6 Å². The predicted octanol–water partition coefficient (Wildman–Crippen LogP) is 2.78. The molecular formula is C25H44FN5O3. The van der Waals surface area contributed by atoms with E-state index in [1.807, 2.05) is 6.92 Å². The zero-order chi connectivity index (χ0) is 24.3. The van der Waals surface area contributed by atoms with Gasteiger partial charge < -0.3 is 25.8 Å². The van der Waals surface area contributed by atoms with Crippen molar-refractivity contribution in [3.8, 4) is 0 Å². The Hall–Kier alpha value is -1.90. The predicted molar refractivity (Wildman–Crippen MR) is 130 cm³/mol. The van der Waals surface area contributed by atoms with Crippen molar-refractivity contribution in [3.05, 3.63) is 0 Å². The van der Waals surface area contributed by atoms with Crippen molar-refractivity contribution in [2.45, 2.75) is 89.9 Å². The highest BCUT2D eigenvalue weighted by Crippen LogP contribution is 2.29. The number of carbonyl (C=O) groups is 3. The highest BCUT2D eigenvalue weighted by atomic mass is 19.1. The lowest BCUT2D eigenvalue weighted by Gasteiger charge is -2.41. The van der Waals surface area contributed by atoms with Gasteiger partial charge in [0.15, 0.2) is 0 Å². The molecule has 3 aliphatic rings. The van der Waals surface area contributed by atoms with Gasteiger partial charge in [-0.2, -0.15) is 0 Å². The molecule has 3 fully saturated rings. The molecule has 0 unspecified atom stereocenters. The van der Waals surface area contributed by atoms with Crippen molar-refractivity contribution < 1.29 is 18.8 Å². The van der Waals surface area contributed by atoms with Crippen LogP contribution < -0.4 is 16.0 Å². The second kappa shape index (κ2) is 13.9. The number of urea groups is 1. The first-order valence-electron chi connectivity index (χ1n) is 13.4. The molecule has 1 atom stereocenters. The Balaban J connectivity index is 1.55. The van der Waals surface area contributed by atoms with Crippen LogP contribution in [-0.2, 0) is 9.59 Å². The van der Waals surface area contributed by atoms with E-state index in [4.69, 9.17) is 0 Å². The molecule has 3 N–H and O–H groups in total. The zero-order valence-electron chi connectivity index (χ0n) is 20.8. The zero-order valence-corrected chi connectivity index (χ0v) is 20.8. The van der Waals surface area contributed by atoms with E-state index >= 15 is 0 Å². The highest BCUT2D eigenvalue weighted by Gasteiger charge is 2.36. The fourth-order valence-corrected chi connectivity index (χ4v) is 5.42. The summed E-state index contributed by atoms with van der Waals surface area (Å²) in [5.74, 6) is 0.672. The summed E-state index contributed by atoms with van der Waals surface area (Å²) in [6.07, 6.45) is 9.44. The third kappa shape index (κ3) is 8.40. The Morgan fingerprint density at radius 1 is 1.03 bits per heavy atom. The van der Waals surface area contributed by atoms with Crippen LogP contribution in [0.15, 0.2) is 0 Å². The number of amides is 4. The van der Waals surface area contributed by atoms with Crippen molar-refractivity contribution in [1.82, 2.24) is 25.8 Å². The van der Waals surface area contributed by atoms with Crippen LogP contribution in [0.3, 0.4) is 0 Å². The normalized spacial score (nSPS) is 26.4. The number of alkyl halides is 1. The lowest BCUT2D eigenvalue weighted by molar-refractivity contribution is -0.149. The van der Waals surface area contributed by atoms with E-state index in [-0.39, 0.29) is 37.5 Å². The molecular weight excluding hydrogens is 437 g/mol. The fourth-order valence-electron chi connectivity index (χ4n) is 5.42. The van der Waals surface area contributed by atoms with Crippen LogP contribution in [0.2, 0.25) is 0 Å². The van der Waals surface area contributed by atoms with E-state index in [1.165, 1.54) is 24.2 Å². The molecule has 1 aliphatic heterocycles. The van der Waals surface area contributed by atoms with E-state index in [0.29, 0.717) is 37.8 Å². The molecule has 0 aromatic heterocycles. The van der Waals surface area contributed by atoms with Gasteiger partial charge in [-0.25, -0.2) is 9.18 Å². The summed E-state index contributed by atoms with van der Waals surface area (Å²) >= 11 is 0. The maximum atomic E-state index is 13.4. The quantitative estimate of drug-likeness (QED) is 0.418. The van der Waals surface area contributed by atoms with Gasteiger partial charge in [0.25, 0.3) is 0 Å². The minimum atomic E-state index is -0.686. The number of rotatable bonds is 10. The average Bonchev–Trinajstić information content (AvgIpc) is 2.84. The van der Waals surface area contributed by atoms with E-state index in [2.05, 4.69) is 16.0 Å². The molecule has 8 nitrogen and oxygen atoms in total. The molecule has 2 saturated carbocycles. The van der Waals surface area contributed by atoms with Crippen LogP contribution in [0.25, 0.3) is 0 Å². The SMILES string of the molecule is CCCNCC(=O)N1CC(=O)N(CCC2CCC(F)CC2)C[C@@H]1NC(=O)NCC1CCCCC1. The number of nitrogens with one attached hydrogen (secondary N) is 3. The average molecular weight is 482 g/mol. The van der Waals surface area contributed by atoms with Crippen LogP contribution in [-0.4, -0.2) is 79.3 Å². The first kappa shape index (κ1) is 26.7. The first-order valence-corrected chi connectivity index (χ1v) is 13.4. The van der Waals surface area contributed by atoms with Gasteiger partial charge in [0, 0.05) is 13.1 Å². The van der Waals surface area contributed by atoms with Gasteiger partial charge >= 0.3 is 6.03 Å².